The Morgan fingerprint density at radius 1 is 1.10 bits per heavy atom. The van der Waals surface area contributed by atoms with Crippen molar-refractivity contribution >= 4 is 28.7 Å². The number of ether oxygens (including phenoxy) is 1. The van der Waals surface area contributed by atoms with Crippen molar-refractivity contribution in [2.24, 2.45) is 0 Å². The minimum absolute atomic E-state index is 0.346. The van der Waals surface area contributed by atoms with Crippen molar-refractivity contribution in [2.45, 2.75) is 20.0 Å². The van der Waals surface area contributed by atoms with Crippen LogP contribution in [-0.4, -0.2) is 17.3 Å². The summed E-state index contributed by atoms with van der Waals surface area (Å²) in [6.45, 7) is 1.51. The average Bonchev–Trinajstić information content (AvgIpc) is 2.94. The van der Waals surface area contributed by atoms with E-state index in [0.29, 0.717) is 17.2 Å². The molecule has 0 atom stereocenters. The average molecular weight is 302 g/mol. The van der Waals surface area contributed by atoms with E-state index in [4.69, 9.17) is 4.74 Å². The molecule has 5 heteroatoms. The zero-order chi connectivity index (χ0) is 15.2. The third kappa shape index (κ3) is 4.10. The zero-order valence-electron chi connectivity index (χ0n) is 11.5. The molecule has 2 rings (SSSR count). The lowest BCUT2D eigenvalue weighted by atomic mass is 10.1. The molecule has 1 aromatic heterocycles. The van der Waals surface area contributed by atoms with E-state index < -0.39 is 18.0 Å². The zero-order valence-corrected chi connectivity index (χ0v) is 12.3. The van der Waals surface area contributed by atoms with Crippen molar-refractivity contribution in [3.8, 4) is 5.75 Å². The molecule has 0 spiro atoms. The van der Waals surface area contributed by atoms with Gasteiger partial charge in [-0.15, -0.1) is 11.3 Å². The molecular formula is C16H14O4S. The Morgan fingerprint density at radius 3 is 2.48 bits per heavy atom. The molecule has 0 fully saturated rings. The second-order valence-electron chi connectivity index (χ2n) is 4.47. The van der Waals surface area contributed by atoms with Gasteiger partial charge in [-0.2, -0.15) is 0 Å². The van der Waals surface area contributed by atoms with Gasteiger partial charge in [0.25, 0.3) is 0 Å². The molecule has 1 heterocycles. The fraction of sp³-hybridized carbons (Fsp3) is 0.188. The predicted octanol–water partition coefficient (Wildman–Crippen LogP) is 3.06. The number of hydrogen-bond acceptors (Lipinski definition) is 5. The van der Waals surface area contributed by atoms with Crippen LogP contribution < -0.4 is 4.74 Å². The van der Waals surface area contributed by atoms with Crippen molar-refractivity contribution in [2.75, 3.05) is 0 Å². The number of hydrogen-bond donors (Lipinski definition) is 0. The van der Waals surface area contributed by atoms with Crippen molar-refractivity contribution in [1.82, 2.24) is 0 Å². The highest BCUT2D eigenvalue weighted by Crippen LogP contribution is 2.27. The number of rotatable bonds is 7. The molecular weight excluding hydrogens is 288 g/mol. The normalized spacial score (nSPS) is 10.1. The van der Waals surface area contributed by atoms with Gasteiger partial charge in [0.05, 0.1) is 6.42 Å². The van der Waals surface area contributed by atoms with E-state index in [1.807, 2.05) is 30.3 Å². The molecule has 21 heavy (non-hydrogen) atoms. The molecule has 0 bridgehead atoms. The van der Waals surface area contributed by atoms with E-state index in [1.165, 1.54) is 11.3 Å². The van der Waals surface area contributed by atoms with E-state index in [9.17, 15) is 14.4 Å². The molecule has 0 saturated heterocycles. The maximum absolute atomic E-state index is 12.0. The van der Waals surface area contributed by atoms with Gasteiger partial charge in [0.1, 0.15) is 17.2 Å². The molecule has 2 aromatic rings. The number of Topliss-reactive ketones (excluding diaryl/α,β-unsaturated/α-hetero) is 3. The van der Waals surface area contributed by atoms with Gasteiger partial charge in [-0.3, -0.25) is 14.4 Å². The predicted molar refractivity (Wildman–Crippen MR) is 79.7 cm³/mol. The van der Waals surface area contributed by atoms with Crippen LogP contribution in [0.4, 0.5) is 0 Å². The van der Waals surface area contributed by atoms with Crippen LogP contribution in [0.25, 0.3) is 0 Å². The number of carbonyl (C=O) groups excluding carboxylic acids is 3. The van der Waals surface area contributed by atoms with Crippen LogP contribution in [0.5, 0.6) is 5.75 Å². The Kier molecular flexibility index (Phi) is 5.00. The Hall–Kier alpha value is -2.27. The molecule has 0 unspecified atom stereocenters. The molecule has 0 aliphatic rings. The second kappa shape index (κ2) is 6.95. The second-order valence-corrected chi connectivity index (χ2v) is 5.38. The molecule has 0 aliphatic carbocycles. The summed E-state index contributed by atoms with van der Waals surface area (Å²) in [5, 5.41) is 1.73. The maximum Gasteiger partial charge on any atom is 0.205 e. The largest absolute Gasteiger partial charge is 0.487 e. The smallest absolute Gasteiger partial charge is 0.205 e. The van der Waals surface area contributed by atoms with Gasteiger partial charge >= 0.3 is 0 Å². The highest BCUT2D eigenvalue weighted by Gasteiger charge is 2.20. The quantitative estimate of drug-likeness (QED) is 0.448. The first-order valence-corrected chi connectivity index (χ1v) is 7.27. The SMILES string of the molecule is CC(=O)C(=O)CC(=O)c1sccc1OCc1ccccc1. The first-order valence-electron chi connectivity index (χ1n) is 6.39. The lowest BCUT2D eigenvalue weighted by Crippen LogP contribution is -2.14. The highest BCUT2D eigenvalue weighted by atomic mass is 32.1. The summed E-state index contributed by atoms with van der Waals surface area (Å²) in [6, 6.07) is 11.3. The van der Waals surface area contributed by atoms with Crippen LogP contribution in [-0.2, 0) is 16.2 Å². The molecule has 1 aromatic carbocycles. The summed E-state index contributed by atoms with van der Waals surface area (Å²) in [4.78, 5) is 34.6. The fourth-order valence-corrected chi connectivity index (χ4v) is 2.47. The van der Waals surface area contributed by atoms with Gasteiger partial charge in [-0.25, -0.2) is 0 Å². The van der Waals surface area contributed by atoms with E-state index in [0.717, 1.165) is 12.5 Å². The van der Waals surface area contributed by atoms with Crippen molar-refractivity contribution in [3.63, 3.8) is 0 Å². The number of ketones is 3. The summed E-state index contributed by atoms with van der Waals surface area (Å²) < 4.78 is 5.62. The first-order chi connectivity index (χ1) is 10.1. The van der Waals surface area contributed by atoms with Crippen molar-refractivity contribution in [1.29, 1.82) is 0 Å². The minimum atomic E-state index is -0.678. The highest BCUT2D eigenvalue weighted by molar-refractivity contribution is 7.12. The molecule has 0 amide bonds. The Labute approximate surface area is 126 Å². The fourth-order valence-electron chi connectivity index (χ4n) is 1.70. The molecule has 0 saturated carbocycles. The van der Waals surface area contributed by atoms with Crippen molar-refractivity contribution < 1.29 is 19.1 Å². The van der Waals surface area contributed by atoms with Crippen LogP contribution >= 0.6 is 11.3 Å². The van der Waals surface area contributed by atoms with Gasteiger partial charge in [0.15, 0.2) is 11.6 Å². The van der Waals surface area contributed by atoms with Gasteiger partial charge in [0, 0.05) is 6.92 Å². The summed E-state index contributed by atoms with van der Waals surface area (Å²) in [5.74, 6) is -1.22. The van der Waals surface area contributed by atoms with E-state index >= 15 is 0 Å². The molecule has 0 aliphatic heterocycles. The summed E-state index contributed by atoms with van der Waals surface area (Å²) in [6.07, 6.45) is -0.405. The first kappa shape index (κ1) is 15.1. The standard InChI is InChI=1S/C16H14O4S/c1-11(17)13(18)9-14(19)16-15(7-8-21-16)20-10-12-5-3-2-4-6-12/h2-8H,9-10H2,1H3. The van der Waals surface area contributed by atoms with Crippen LogP contribution in [0.2, 0.25) is 0 Å². The van der Waals surface area contributed by atoms with Gasteiger partial charge in [-0.05, 0) is 17.0 Å². The van der Waals surface area contributed by atoms with Crippen molar-refractivity contribution in [3.05, 3.63) is 52.2 Å². The number of benzene rings is 1. The molecule has 4 nitrogen and oxygen atoms in total. The topological polar surface area (TPSA) is 60.4 Å². The third-order valence-electron chi connectivity index (χ3n) is 2.83. The lowest BCUT2D eigenvalue weighted by Gasteiger charge is -2.06. The summed E-state index contributed by atoms with van der Waals surface area (Å²) in [7, 11) is 0. The Morgan fingerprint density at radius 2 is 1.81 bits per heavy atom. The van der Waals surface area contributed by atoms with Gasteiger partial charge < -0.3 is 4.74 Å². The minimum Gasteiger partial charge on any atom is -0.487 e. The van der Waals surface area contributed by atoms with Crippen LogP contribution in [0.3, 0.4) is 0 Å². The molecule has 108 valence electrons. The maximum atomic E-state index is 12.0. The van der Waals surface area contributed by atoms with Crippen LogP contribution in [0.15, 0.2) is 41.8 Å². The Bertz CT molecular complexity index is 658. The third-order valence-corrected chi connectivity index (χ3v) is 3.77. The van der Waals surface area contributed by atoms with Gasteiger partial charge in [0.2, 0.25) is 5.78 Å². The number of thiophene rings is 1. The van der Waals surface area contributed by atoms with E-state index in [2.05, 4.69) is 0 Å². The lowest BCUT2D eigenvalue weighted by molar-refractivity contribution is -0.134. The molecule has 0 N–H and O–H groups in total. The monoisotopic (exact) mass is 302 g/mol. The Balaban J connectivity index is 2.03. The number of carbonyl (C=O) groups is 3. The summed E-state index contributed by atoms with van der Waals surface area (Å²) in [5.41, 5.74) is 0.988. The van der Waals surface area contributed by atoms with E-state index in [1.54, 1.807) is 11.4 Å². The van der Waals surface area contributed by atoms with Crippen LogP contribution in [0.1, 0.15) is 28.6 Å². The van der Waals surface area contributed by atoms with Gasteiger partial charge in [-0.1, -0.05) is 30.3 Å². The van der Waals surface area contributed by atoms with Crippen LogP contribution in [0, 0.1) is 0 Å². The summed E-state index contributed by atoms with van der Waals surface area (Å²) >= 11 is 1.21. The molecule has 0 radical (unpaired) electrons. The van der Waals surface area contributed by atoms with E-state index in [-0.39, 0.29) is 5.78 Å².